The largest absolute Gasteiger partial charge is 0.459 e. The predicted molar refractivity (Wildman–Crippen MR) is 114 cm³/mol. The number of nitrogens with one attached hydrogen (secondary N) is 2. The lowest BCUT2D eigenvalue weighted by molar-refractivity contribution is 0.0773. The molecule has 0 spiro atoms. The summed E-state index contributed by atoms with van der Waals surface area (Å²) in [5.41, 5.74) is 2.13. The number of nitrogens with zero attached hydrogens (tertiary/aromatic N) is 2. The predicted octanol–water partition coefficient (Wildman–Crippen LogP) is 2.38. The first-order valence-corrected chi connectivity index (χ1v) is 9.81. The monoisotopic (exact) mass is 418 g/mol. The second-order valence-electron chi connectivity index (χ2n) is 7.44. The number of halogens is 1. The van der Waals surface area contributed by atoms with E-state index < -0.39 is 0 Å². The van der Waals surface area contributed by atoms with Crippen LogP contribution in [0.25, 0.3) is 0 Å². The maximum Gasteiger partial charge on any atom is 0.291 e. The third-order valence-corrected chi connectivity index (χ3v) is 5.60. The van der Waals surface area contributed by atoms with Crippen molar-refractivity contribution in [3.8, 4) is 0 Å². The van der Waals surface area contributed by atoms with E-state index in [1.165, 1.54) is 6.26 Å². The quantitative estimate of drug-likeness (QED) is 0.797. The van der Waals surface area contributed by atoms with Crippen molar-refractivity contribution in [1.82, 2.24) is 15.1 Å². The maximum atomic E-state index is 13.0. The molecule has 8 heteroatoms. The topological polar surface area (TPSA) is 77.8 Å². The Balaban J connectivity index is 0.00000240. The molecule has 0 aliphatic carbocycles. The molecule has 0 bridgehead atoms. The van der Waals surface area contributed by atoms with Crippen LogP contribution in [0, 0.1) is 6.92 Å². The lowest BCUT2D eigenvalue weighted by Gasteiger charge is -2.32. The molecule has 1 atom stereocenters. The summed E-state index contributed by atoms with van der Waals surface area (Å²) in [6, 6.07) is 9.18. The number of hydrogen-bond acceptors (Lipinski definition) is 5. The first-order valence-electron chi connectivity index (χ1n) is 9.81. The number of likely N-dealkylation sites (tertiary alicyclic amines) is 1. The van der Waals surface area contributed by atoms with Crippen molar-refractivity contribution in [2.45, 2.75) is 19.4 Å². The van der Waals surface area contributed by atoms with Crippen LogP contribution in [-0.2, 0) is 0 Å². The molecule has 7 nitrogen and oxygen atoms in total. The van der Waals surface area contributed by atoms with Crippen LogP contribution in [0.4, 0.5) is 5.69 Å². The van der Waals surface area contributed by atoms with Gasteiger partial charge in [0, 0.05) is 56.6 Å². The molecule has 2 aromatic rings. The number of anilines is 1. The van der Waals surface area contributed by atoms with Gasteiger partial charge in [0.1, 0.15) is 0 Å². The number of carbonyl (C=O) groups is 2. The van der Waals surface area contributed by atoms with Crippen LogP contribution in [-0.4, -0.2) is 66.9 Å². The highest BCUT2D eigenvalue weighted by Gasteiger charge is 2.31. The number of rotatable bonds is 4. The lowest BCUT2D eigenvalue weighted by Crippen LogP contribution is -2.49. The summed E-state index contributed by atoms with van der Waals surface area (Å²) < 4.78 is 5.14. The van der Waals surface area contributed by atoms with Crippen LogP contribution in [0.2, 0.25) is 0 Å². The van der Waals surface area contributed by atoms with E-state index in [1.807, 2.05) is 24.0 Å². The number of hydrogen-bond donors (Lipinski definition) is 2. The van der Waals surface area contributed by atoms with Gasteiger partial charge in [-0.15, -0.1) is 12.4 Å². The molecule has 1 unspecified atom stereocenters. The van der Waals surface area contributed by atoms with Crippen molar-refractivity contribution in [2.24, 2.45) is 0 Å². The van der Waals surface area contributed by atoms with Crippen molar-refractivity contribution >= 4 is 29.9 Å². The maximum absolute atomic E-state index is 13.0. The van der Waals surface area contributed by atoms with Crippen LogP contribution < -0.4 is 10.6 Å². The standard InChI is InChI=1S/C21H26N4O3.ClH/c1-15-4-5-16(13-18(15)23-20(26)19-3-2-12-28-19)21(27)25-9-6-17(14-25)24-10-7-22-8-11-24;/h2-5,12-13,17,22H,6-11,14H2,1H3,(H,23,26);1H. The minimum Gasteiger partial charge on any atom is -0.459 e. The van der Waals surface area contributed by atoms with Crippen LogP contribution in [0.5, 0.6) is 0 Å². The summed E-state index contributed by atoms with van der Waals surface area (Å²) in [6.07, 6.45) is 2.48. The minimum absolute atomic E-state index is 0. The van der Waals surface area contributed by atoms with Gasteiger partial charge in [-0.3, -0.25) is 14.5 Å². The third kappa shape index (κ3) is 4.80. The van der Waals surface area contributed by atoms with Crippen LogP contribution in [0.1, 0.15) is 32.9 Å². The van der Waals surface area contributed by atoms with Gasteiger partial charge in [-0.2, -0.15) is 0 Å². The molecule has 2 aliphatic heterocycles. The van der Waals surface area contributed by atoms with E-state index in [9.17, 15) is 9.59 Å². The van der Waals surface area contributed by atoms with Crippen molar-refractivity contribution < 1.29 is 14.0 Å². The Bertz CT molecular complexity index is 850. The Kier molecular flexibility index (Phi) is 6.95. The summed E-state index contributed by atoms with van der Waals surface area (Å²) in [4.78, 5) is 29.7. The van der Waals surface area contributed by atoms with Gasteiger partial charge >= 0.3 is 0 Å². The highest BCUT2D eigenvalue weighted by atomic mass is 35.5. The molecule has 2 amide bonds. The second kappa shape index (κ2) is 9.43. The summed E-state index contributed by atoms with van der Waals surface area (Å²) in [7, 11) is 0. The molecule has 2 saturated heterocycles. The molecule has 2 fully saturated rings. The van der Waals surface area contributed by atoms with Crippen molar-refractivity contribution in [2.75, 3.05) is 44.6 Å². The highest BCUT2D eigenvalue weighted by molar-refractivity contribution is 6.04. The van der Waals surface area contributed by atoms with E-state index in [2.05, 4.69) is 15.5 Å². The van der Waals surface area contributed by atoms with Crippen molar-refractivity contribution in [3.05, 3.63) is 53.5 Å². The molecule has 2 aliphatic rings. The van der Waals surface area contributed by atoms with Gasteiger partial charge < -0.3 is 20.0 Å². The van der Waals surface area contributed by atoms with Gasteiger partial charge in [0.15, 0.2) is 5.76 Å². The SMILES string of the molecule is Cc1ccc(C(=O)N2CCC(N3CCNCC3)C2)cc1NC(=O)c1ccco1.Cl. The summed E-state index contributed by atoms with van der Waals surface area (Å²) >= 11 is 0. The highest BCUT2D eigenvalue weighted by Crippen LogP contribution is 2.22. The van der Waals surface area contributed by atoms with Gasteiger partial charge in [0.25, 0.3) is 11.8 Å². The molecule has 4 rings (SSSR count). The fourth-order valence-electron chi connectivity index (χ4n) is 3.94. The number of amides is 2. The molecule has 156 valence electrons. The van der Waals surface area contributed by atoms with Gasteiger partial charge in [-0.05, 0) is 43.2 Å². The summed E-state index contributed by atoms with van der Waals surface area (Å²) in [5.74, 6) is -0.0571. The lowest BCUT2D eigenvalue weighted by atomic mass is 10.1. The van der Waals surface area contributed by atoms with Crippen molar-refractivity contribution in [3.63, 3.8) is 0 Å². The molecule has 2 N–H and O–H groups in total. The number of piperazine rings is 1. The molecule has 29 heavy (non-hydrogen) atoms. The van der Waals surface area contributed by atoms with Gasteiger partial charge in [0.05, 0.1) is 6.26 Å². The van der Waals surface area contributed by atoms with E-state index in [0.29, 0.717) is 17.3 Å². The van der Waals surface area contributed by atoms with Gasteiger partial charge in [-0.1, -0.05) is 6.07 Å². The minimum atomic E-state index is -0.322. The Morgan fingerprint density at radius 1 is 1.17 bits per heavy atom. The second-order valence-corrected chi connectivity index (χ2v) is 7.44. The smallest absolute Gasteiger partial charge is 0.291 e. The molecule has 0 saturated carbocycles. The van der Waals surface area contributed by atoms with Crippen LogP contribution >= 0.6 is 12.4 Å². The van der Waals surface area contributed by atoms with E-state index in [4.69, 9.17) is 4.42 Å². The summed E-state index contributed by atoms with van der Waals surface area (Å²) in [6.45, 7) is 7.56. The normalized spacial score (nSPS) is 19.6. The van der Waals surface area contributed by atoms with E-state index in [0.717, 1.165) is 51.3 Å². The summed E-state index contributed by atoms with van der Waals surface area (Å²) in [5, 5.41) is 6.21. The Morgan fingerprint density at radius 3 is 2.69 bits per heavy atom. The number of carbonyl (C=O) groups excluding carboxylic acids is 2. The van der Waals surface area contributed by atoms with Crippen molar-refractivity contribution in [1.29, 1.82) is 0 Å². The number of aryl methyl sites for hydroxylation is 1. The average molecular weight is 419 g/mol. The zero-order valence-electron chi connectivity index (χ0n) is 16.5. The van der Waals surface area contributed by atoms with E-state index in [-0.39, 0.29) is 30.0 Å². The molecule has 0 radical (unpaired) electrons. The molecule has 1 aromatic heterocycles. The zero-order valence-corrected chi connectivity index (χ0v) is 17.3. The first-order chi connectivity index (χ1) is 13.6. The fourth-order valence-corrected chi connectivity index (χ4v) is 3.94. The molecule has 3 heterocycles. The number of benzene rings is 1. The Labute approximate surface area is 176 Å². The molecular weight excluding hydrogens is 392 g/mol. The first kappa shape index (κ1) is 21.4. The Hall–Kier alpha value is -2.35. The number of furan rings is 1. The zero-order chi connectivity index (χ0) is 19.5. The third-order valence-electron chi connectivity index (χ3n) is 5.60. The average Bonchev–Trinajstić information content (AvgIpc) is 3.42. The molecule has 1 aromatic carbocycles. The van der Waals surface area contributed by atoms with Gasteiger partial charge in [0.2, 0.25) is 0 Å². The van der Waals surface area contributed by atoms with Crippen LogP contribution in [0.15, 0.2) is 41.0 Å². The van der Waals surface area contributed by atoms with E-state index in [1.54, 1.807) is 18.2 Å². The van der Waals surface area contributed by atoms with E-state index >= 15 is 0 Å². The molecular formula is C21H27ClN4O3. The van der Waals surface area contributed by atoms with Crippen LogP contribution in [0.3, 0.4) is 0 Å². The fraction of sp³-hybridized carbons (Fsp3) is 0.429. The Morgan fingerprint density at radius 2 is 1.97 bits per heavy atom. The van der Waals surface area contributed by atoms with Gasteiger partial charge in [-0.25, -0.2) is 0 Å².